The lowest BCUT2D eigenvalue weighted by atomic mass is 9.81. The molecule has 0 heterocycles. The van der Waals surface area contributed by atoms with Crippen LogP contribution in [0.4, 0.5) is 0 Å². The smallest absolute Gasteiger partial charge is 0.0145 e. The van der Waals surface area contributed by atoms with E-state index in [1.165, 1.54) is 63.1 Å². The highest BCUT2D eigenvalue weighted by molar-refractivity contribution is 9.09. The molecule has 0 aromatic carbocycles. The molecule has 16 heavy (non-hydrogen) atoms. The standard InChI is InChI=1S/C14H26Br2/c1-2-12-6-3-9-14(16)10-4-7-13(12)8-5-11-15/h12-14H,2-11H2,1H3/t12?,13-,14+/m0/s1. The van der Waals surface area contributed by atoms with Gasteiger partial charge < -0.3 is 0 Å². The number of alkyl halides is 2. The predicted molar refractivity (Wildman–Crippen MR) is 80.7 cm³/mol. The van der Waals surface area contributed by atoms with Gasteiger partial charge in [0.05, 0.1) is 0 Å². The summed E-state index contributed by atoms with van der Waals surface area (Å²) in [5.74, 6) is 2.00. The van der Waals surface area contributed by atoms with E-state index in [9.17, 15) is 0 Å². The van der Waals surface area contributed by atoms with Crippen LogP contribution in [0, 0.1) is 11.8 Å². The SMILES string of the molecule is CCC1CCC[C@@H](Br)CCC[C@H]1CCCBr. The summed E-state index contributed by atoms with van der Waals surface area (Å²) in [6, 6.07) is 0. The van der Waals surface area contributed by atoms with Gasteiger partial charge in [-0.15, -0.1) is 0 Å². The Labute approximate surface area is 118 Å². The van der Waals surface area contributed by atoms with Crippen molar-refractivity contribution in [3.63, 3.8) is 0 Å². The summed E-state index contributed by atoms with van der Waals surface area (Å²) in [7, 11) is 0. The predicted octanol–water partition coefficient (Wildman–Crippen LogP) is 5.92. The lowest BCUT2D eigenvalue weighted by Crippen LogP contribution is -2.14. The molecule has 1 fully saturated rings. The molecule has 0 amide bonds. The molecule has 2 heteroatoms. The Hall–Kier alpha value is 0.960. The van der Waals surface area contributed by atoms with Crippen LogP contribution in [0.5, 0.6) is 0 Å². The molecule has 0 nitrogen and oxygen atoms in total. The van der Waals surface area contributed by atoms with Crippen molar-refractivity contribution in [1.82, 2.24) is 0 Å². The third kappa shape index (κ3) is 5.53. The third-order valence-electron chi connectivity index (χ3n) is 4.08. The van der Waals surface area contributed by atoms with Gasteiger partial charge in [0.2, 0.25) is 0 Å². The topological polar surface area (TPSA) is 0 Å². The molecule has 1 saturated carbocycles. The Balaban J connectivity index is 2.46. The van der Waals surface area contributed by atoms with Crippen LogP contribution in [0.3, 0.4) is 0 Å². The monoisotopic (exact) mass is 352 g/mol. The summed E-state index contributed by atoms with van der Waals surface area (Å²) in [4.78, 5) is 0.792. The van der Waals surface area contributed by atoms with Crippen LogP contribution in [0.2, 0.25) is 0 Å². The zero-order valence-corrected chi connectivity index (χ0v) is 13.7. The summed E-state index contributed by atoms with van der Waals surface area (Å²) in [6.07, 6.45) is 12.8. The Morgan fingerprint density at radius 3 is 2.19 bits per heavy atom. The molecule has 0 N–H and O–H groups in total. The number of halogens is 2. The van der Waals surface area contributed by atoms with Crippen molar-refractivity contribution in [3.05, 3.63) is 0 Å². The van der Waals surface area contributed by atoms with Crippen LogP contribution >= 0.6 is 31.9 Å². The van der Waals surface area contributed by atoms with Gasteiger partial charge >= 0.3 is 0 Å². The largest absolute Gasteiger partial charge is 0.0928 e. The maximum Gasteiger partial charge on any atom is 0.0145 e. The van der Waals surface area contributed by atoms with E-state index in [0.717, 1.165) is 16.7 Å². The molecule has 96 valence electrons. The van der Waals surface area contributed by atoms with Crippen molar-refractivity contribution in [1.29, 1.82) is 0 Å². The van der Waals surface area contributed by atoms with Crippen LogP contribution < -0.4 is 0 Å². The van der Waals surface area contributed by atoms with Gasteiger partial charge in [0.1, 0.15) is 0 Å². The number of hydrogen-bond donors (Lipinski definition) is 0. The minimum atomic E-state index is 0.792. The van der Waals surface area contributed by atoms with E-state index in [2.05, 4.69) is 38.8 Å². The maximum absolute atomic E-state index is 3.81. The van der Waals surface area contributed by atoms with Crippen molar-refractivity contribution < 1.29 is 0 Å². The summed E-state index contributed by atoms with van der Waals surface area (Å²) in [6.45, 7) is 2.38. The van der Waals surface area contributed by atoms with Gasteiger partial charge in [-0.05, 0) is 37.5 Å². The van der Waals surface area contributed by atoms with Gasteiger partial charge in [-0.1, -0.05) is 70.9 Å². The van der Waals surface area contributed by atoms with E-state index < -0.39 is 0 Å². The summed E-state index contributed by atoms with van der Waals surface area (Å²) < 4.78 is 0. The highest BCUT2D eigenvalue weighted by Crippen LogP contribution is 2.34. The summed E-state index contributed by atoms with van der Waals surface area (Å²) >= 11 is 7.39. The Morgan fingerprint density at radius 1 is 1.00 bits per heavy atom. The Kier molecular flexibility index (Phi) is 8.42. The van der Waals surface area contributed by atoms with Crippen molar-refractivity contribution in [2.24, 2.45) is 11.8 Å². The molecule has 0 aliphatic heterocycles. The van der Waals surface area contributed by atoms with Gasteiger partial charge in [0, 0.05) is 10.2 Å². The highest BCUT2D eigenvalue weighted by atomic mass is 79.9. The molecule has 1 rings (SSSR count). The van der Waals surface area contributed by atoms with Crippen molar-refractivity contribution >= 4 is 31.9 Å². The van der Waals surface area contributed by atoms with E-state index in [-0.39, 0.29) is 0 Å². The average molecular weight is 354 g/mol. The number of hydrogen-bond acceptors (Lipinski definition) is 0. The minimum Gasteiger partial charge on any atom is -0.0928 e. The number of rotatable bonds is 4. The van der Waals surface area contributed by atoms with E-state index in [1.54, 1.807) is 0 Å². The van der Waals surface area contributed by atoms with E-state index in [1.807, 2.05) is 0 Å². The lowest BCUT2D eigenvalue weighted by Gasteiger charge is -2.25. The second-order valence-electron chi connectivity index (χ2n) is 5.22. The molecule has 1 aliphatic rings. The van der Waals surface area contributed by atoms with E-state index in [0.29, 0.717) is 0 Å². The highest BCUT2D eigenvalue weighted by Gasteiger charge is 2.21. The Morgan fingerprint density at radius 2 is 1.62 bits per heavy atom. The third-order valence-corrected chi connectivity index (χ3v) is 5.56. The fraction of sp³-hybridized carbons (Fsp3) is 1.00. The molecule has 0 bridgehead atoms. The van der Waals surface area contributed by atoms with Crippen molar-refractivity contribution in [2.75, 3.05) is 5.33 Å². The van der Waals surface area contributed by atoms with E-state index in [4.69, 9.17) is 0 Å². The molecular formula is C14H26Br2. The first kappa shape index (κ1) is 15.0. The second kappa shape index (κ2) is 8.97. The molecular weight excluding hydrogens is 328 g/mol. The fourth-order valence-electron chi connectivity index (χ4n) is 3.08. The molecule has 0 saturated heterocycles. The lowest BCUT2D eigenvalue weighted by molar-refractivity contribution is 0.265. The molecule has 0 spiro atoms. The zero-order valence-electron chi connectivity index (χ0n) is 10.6. The van der Waals surface area contributed by atoms with Crippen molar-refractivity contribution in [3.8, 4) is 0 Å². The molecule has 0 aromatic heterocycles. The van der Waals surface area contributed by atoms with Crippen molar-refractivity contribution in [2.45, 2.75) is 69.5 Å². The van der Waals surface area contributed by atoms with Gasteiger partial charge in [-0.25, -0.2) is 0 Å². The van der Waals surface area contributed by atoms with Gasteiger partial charge in [0.15, 0.2) is 0 Å². The van der Waals surface area contributed by atoms with Gasteiger partial charge in [0.25, 0.3) is 0 Å². The molecule has 3 atom stereocenters. The molecule has 1 aliphatic carbocycles. The zero-order chi connectivity index (χ0) is 11.8. The van der Waals surface area contributed by atoms with Crippen LogP contribution in [0.1, 0.15) is 64.7 Å². The van der Waals surface area contributed by atoms with Gasteiger partial charge in [-0.2, -0.15) is 0 Å². The van der Waals surface area contributed by atoms with Crippen LogP contribution in [0.15, 0.2) is 0 Å². The molecule has 1 unspecified atom stereocenters. The Bertz CT molecular complexity index is 170. The van der Waals surface area contributed by atoms with Crippen LogP contribution in [-0.4, -0.2) is 10.2 Å². The molecule has 0 aromatic rings. The fourth-order valence-corrected chi connectivity index (χ4v) is 4.05. The maximum atomic E-state index is 3.81. The second-order valence-corrected chi connectivity index (χ2v) is 7.31. The quantitative estimate of drug-likeness (QED) is 0.550. The molecule has 0 radical (unpaired) electrons. The first-order valence-corrected chi connectivity index (χ1v) is 9.01. The average Bonchev–Trinajstić information content (AvgIpc) is 2.37. The van der Waals surface area contributed by atoms with Crippen LogP contribution in [0.25, 0.3) is 0 Å². The summed E-state index contributed by atoms with van der Waals surface area (Å²) in [5, 5.41) is 1.18. The van der Waals surface area contributed by atoms with Gasteiger partial charge in [-0.3, -0.25) is 0 Å². The normalized spacial score (nSPS) is 32.8. The summed E-state index contributed by atoms with van der Waals surface area (Å²) in [5.41, 5.74) is 0. The first-order chi connectivity index (χ1) is 7.77. The van der Waals surface area contributed by atoms with E-state index >= 15 is 0 Å². The minimum absolute atomic E-state index is 0.792. The van der Waals surface area contributed by atoms with Crippen LogP contribution in [-0.2, 0) is 0 Å². The first-order valence-electron chi connectivity index (χ1n) is 6.98.